The first kappa shape index (κ1) is 42.8. The third-order valence-corrected chi connectivity index (χ3v) is 14.6. The van der Waals surface area contributed by atoms with E-state index in [9.17, 15) is 51.9 Å². The second-order valence-electron chi connectivity index (χ2n) is 15.1. The average Bonchev–Trinajstić information content (AvgIpc) is 3.91. The van der Waals surface area contributed by atoms with Crippen molar-refractivity contribution in [1.29, 1.82) is 0 Å². The highest BCUT2D eigenvalue weighted by molar-refractivity contribution is 7.86. The van der Waals surface area contributed by atoms with Crippen molar-refractivity contribution < 1.29 is 51.9 Å². The number of hydrogen-bond donors (Lipinski definition) is 6. The van der Waals surface area contributed by atoms with Gasteiger partial charge in [0.25, 0.3) is 40.5 Å². The van der Waals surface area contributed by atoms with Crippen LogP contribution in [-0.4, -0.2) is 75.8 Å². The maximum atomic E-state index is 12.6. The Morgan fingerprint density at radius 1 is 0.606 bits per heavy atom. The summed E-state index contributed by atoms with van der Waals surface area (Å²) < 4.78 is 141. The van der Waals surface area contributed by atoms with Crippen molar-refractivity contribution in [3.63, 3.8) is 0 Å². The summed E-state index contributed by atoms with van der Waals surface area (Å²) in [7, 11) is -18.7. The van der Waals surface area contributed by atoms with E-state index >= 15 is 0 Å². The number of anilines is 1. The summed E-state index contributed by atoms with van der Waals surface area (Å²) in [5, 5.41) is 13.6. The molecule has 6 N–H and O–H groups in total. The van der Waals surface area contributed by atoms with Crippen LogP contribution >= 0.6 is 0 Å². The second-order valence-corrected chi connectivity index (χ2v) is 20.7. The van der Waals surface area contributed by atoms with Crippen LogP contribution in [0.1, 0.15) is 23.6 Å². The smallest absolute Gasteiger partial charge is 0.282 e. The maximum absolute atomic E-state index is 12.6. The number of nitrogens with one attached hydrogen (secondary N) is 2. The van der Waals surface area contributed by atoms with Crippen molar-refractivity contribution in [3.05, 3.63) is 132 Å². The van der Waals surface area contributed by atoms with Crippen molar-refractivity contribution in [2.75, 3.05) is 5.43 Å². The number of aromatic amines is 1. The number of rotatable bonds is 12. The van der Waals surface area contributed by atoms with E-state index in [0.29, 0.717) is 33.9 Å². The Labute approximate surface area is 373 Å². The molecule has 0 unspecified atom stereocenters. The van der Waals surface area contributed by atoms with Gasteiger partial charge in [0.15, 0.2) is 0 Å². The van der Waals surface area contributed by atoms with Gasteiger partial charge in [-0.15, -0.1) is 9.26 Å². The Kier molecular flexibility index (Phi) is 9.68. The molecule has 0 amide bonds. The minimum Gasteiger partial charge on any atom is -0.282 e. The van der Waals surface area contributed by atoms with E-state index in [-0.39, 0.29) is 37.7 Å². The lowest BCUT2D eigenvalue weighted by molar-refractivity contribution is 0.480. The van der Waals surface area contributed by atoms with E-state index in [0.717, 1.165) is 39.8 Å². The summed E-state index contributed by atoms with van der Waals surface area (Å²) in [6.45, 7) is 1.93. The van der Waals surface area contributed by atoms with Crippen molar-refractivity contribution in [1.82, 2.24) is 23.9 Å². The average molecular weight is 969 g/mol. The lowest BCUT2D eigenvalue weighted by Gasteiger charge is -2.21. The Hall–Kier alpha value is -7.16. The molecule has 3 heterocycles. The molecule has 0 fully saturated rings. The molecular formula is C42H32N8O12S4. The van der Waals surface area contributed by atoms with Gasteiger partial charge in [0, 0.05) is 16.2 Å². The zero-order chi connectivity index (χ0) is 46.7. The number of nitrogens with zero attached hydrogens (tertiary/aromatic N) is 6. The summed E-state index contributed by atoms with van der Waals surface area (Å²) in [6, 6.07) is 29.0. The number of fused-ring (bicyclic) bond motifs is 9. The SMILES string of the molecule is CCc1cc(-n2n3c4ccc5cc(S(=O)(=O)O)ccc5c4n23)ccc1N=Nc1ccc(C=Cc2ccc(Nn3[nH]c4cc(S(=O)(=O)O)c5ccccc5c43)cc2S(=O)(=O)O)c(S(=O)(=O)O)c1. The molecule has 336 valence electrons. The standard InChI is InChI=1S/C42H32N8O12S4/c1-2-24-19-30(48-49-37-18-11-27-20-31(63(51,52)53)15-16-32(27)42(37)50(48)49)14-17-35(24)44-43-28-12-9-25(38(21-28)64(54,55)56)7-8-26-10-13-29(22-39(26)65(57,58)59)45-47-41-34-6-4-3-5-33(34)40(66(60,61)62)23-36(41)46-47/h3-23,45-46H,2H2,1H3,(H,51,52,53)(H,54,55,56)(H,57,58,59)(H,60,61,62). The van der Waals surface area contributed by atoms with Crippen LogP contribution in [-0.2, 0) is 46.9 Å². The quantitative estimate of drug-likeness (QED) is 0.0385. The first-order chi connectivity index (χ1) is 31.2. The first-order valence-electron chi connectivity index (χ1n) is 19.5. The molecule has 0 atom stereocenters. The fourth-order valence-electron chi connectivity index (χ4n) is 7.99. The van der Waals surface area contributed by atoms with E-state index in [1.807, 2.05) is 39.2 Å². The van der Waals surface area contributed by atoms with Crippen LogP contribution in [0.2, 0.25) is 0 Å². The van der Waals surface area contributed by atoms with Crippen molar-refractivity contribution in [3.8, 4) is 5.69 Å². The molecule has 0 radical (unpaired) electrons. The van der Waals surface area contributed by atoms with Gasteiger partial charge in [-0.1, -0.05) is 67.6 Å². The molecule has 20 nitrogen and oxygen atoms in total. The number of H-pyrrole nitrogens is 1. The third-order valence-electron chi connectivity index (χ3n) is 11.1. The van der Waals surface area contributed by atoms with Gasteiger partial charge in [-0.05, 0) is 95.2 Å². The highest BCUT2D eigenvalue weighted by atomic mass is 32.2. The summed E-state index contributed by atoms with van der Waals surface area (Å²) in [4.78, 5) is 1.69. The van der Waals surface area contributed by atoms with Crippen LogP contribution in [0, 0.1) is 0 Å². The number of aryl methyl sites for hydroxylation is 1. The fraction of sp³-hybridized carbons (Fsp3) is 0.0476. The van der Waals surface area contributed by atoms with Gasteiger partial charge in [0.1, 0.15) is 31.2 Å². The molecule has 3 aromatic heterocycles. The molecule has 10 aromatic rings. The molecule has 0 aliphatic carbocycles. The van der Waals surface area contributed by atoms with Crippen molar-refractivity contribution in [2.45, 2.75) is 32.9 Å². The topological polar surface area (TPSA) is 289 Å². The summed E-state index contributed by atoms with van der Waals surface area (Å²) >= 11 is 0. The highest BCUT2D eigenvalue weighted by Gasteiger charge is 2.27. The molecule has 10 rings (SSSR count). The number of hydrogen-bond acceptors (Lipinski definition) is 11. The van der Waals surface area contributed by atoms with Gasteiger partial charge in [0.2, 0.25) is 0 Å². The zero-order valence-corrected chi connectivity index (χ0v) is 37.0. The van der Waals surface area contributed by atoms with Crippen LogP contribution in [0.3, 0.4) is 0 Å². The molecule has 66 heavy (non-hydrogen) atoms. The largest absolute Gasteiger partial charge is 0.295 e. The van der Waals surface area contributed by atoms with Gasteiger partial charge >= 0.3 is 0 Å². The molecule has 0 spiro atoms. The molecule has 0 saturated carbocycles. The molecule has 0 aliphatic heterocycles. The van der Waals surface area contributed by atoms with Crippen LogP contribution < -0.4 is 5.43 Å². The third kappa shape index (κ3) is 7.39. The first-order valence-corrected chi connectivity index (χ1v) is 25.2. The summed E-state index contributed by atoms with van der Waals surface area (Å²) in [5.74, 6) is 0. The van der Waals surface area contributed by atoms with Crippen molar-refractivity contribution in [2.24, 2.45) is 10.2 Å². The summed E-state index contributed by atoms with van der Waals surface area (Å²) in [6.07, 6.45) is 3.03. The number of benzene rings is 7. The predicted octanol–water partition coefficient (Wildman–Crippen LogP) is 8.02. The molecule has 7 aromatic carbocycles. The Morgan fingerprint density at radius 2 is 1.29 bits per heavy atom. The Bertz CT molecular complexity index is 4200. The zero-order valence-electron chi connectivity index (χ0n) is 33.7. The van der Waals surface area contributed by atoms with E-state index in [4.69, 9.17) is 0 Å². The van der Waals surface area contributed by atoms with Crippen LogP contribution in [0.25, 0.3) is 61.5 Å². The van der Waals surface area contributed by atoms with E-state index < -0.39 is 50.3 Å². The lowest BCUT2D eigenvalue weighted by Crippen LogP contribution is -2.20. The maximum Gasteiger partial charge on any atom is 0.295 e. The molecular weight excluding hydrogens is 937 g/mol. The van der Waals surface area contributed by atoms with Crippen LogP contribution in [0.4, 0.5) is 17.1 Å². The molecule has 0 saturated heterocycles. The minimum absolute atomic E-state index is 0.0400. The monoisotopic (exact) mass is 968 g/mol. The minimum atomic E-state index is -4.87. The van der Waals surface area contributed by atoms with Crippen LogP contribution in [0.15, 0.2) is 145 Å². The molecule has 24 heteroatoms. The van der Waals surface area contributed by atoms with Crippen LogP contribution in [0.5, 0.6) is 0 Å². The molecule has 0 bridgehead atoms. The lowest BCUT2D eigenvalue weighted by atomic mass is 10.1. The van der Waals surface area contributed by atoms with Gasteiger partial charge < -0.3 is 0 Å². The Morgan fingerprint density at radius 3 is 1.97 bits per heavy atom. The molecule has 0 aliphatic rings. The number of azo groups is 1. The highest BCUT2D eigenvalue weighted by Crippen LogP contribution is 2.36. The van der Waals surface area contributed by atoms with Gasteiger partial charge in [-0.3, -0.25) is 28.7 Å². The van der Waals surface area contributed by atoms with E-state index in [2.05, 4.69) is 20.8 Å². The van der Waals surface area contributed by atoms with E-state index in [1.54, 1.807) is 36.4 Å². The fourth-order valence-corrected chi connectivity index (χ4v) is 10.6. The van der Waals surface area contributed by atoms with Gasteiger partial charge in [0.05, 0.1) is 33.2 Å². The summed E-state index contributed by atoms with van der Waals surface area (Å²) in [5.41, 5.74) is 7.79. The second kappa shape index (κ2) is 14.9. The number of aromatic nitrogens is 5. The Balaban J connectivity index is 0.909. The predicted molar refractivity (Wildman–Crippen MR) is 244 cm³/mol. The normalized spacial score (nSPS) is 13.3. The van der Waals surface area contributed by atoms with Crippen molar-refractivity contribution >= 4 is 113 Å². The van der Waals surface area contributed by atoms with E-state index in [1.165, 1.54) is 65.5 Å². The van der Waals surface area contributed by atoms with Gasteiger partial charge in [-0.25, -0.2) is 0 Å². The van der Waals surface area contributed by atoms with Gasteiger partial charge in [-0.2, -0.15) is 53.5 Å².